The minimum Gasteiger partial charge on any atom is -0.468 e. The molecule has 0 bridgehead atoms. The third-order valence-electron chi connectivity index (χ3n) is 5.56. The normalized spacial score (nSPS) is 22.2. The van der Waals surface area contributed by atoms with E-state index >= 15 is 0 Å². The second-order valence-corrected chi connectivity index (χ2v) is 7.50. The van der Waals surface area contributed by atoms with Gasteiger partial charge in [-0.05, 0) is 30.9 Å². The first-order valence-electron chi connectivity index (χ1n) is 9.15. The van der Waals surface area contributed by atoms with Crippen molar-refractivity contribution in [3.05, 3.63) is 41.9 Å². The molecular weight excluding hydrogens is 316 g/mol. The zero-order valence-electron chi connectivity index (χ0n) is 15.0. The number of piperidine rings is 1. The first kappa shape index (κ1) is 16.4. The van der Waals surface area contributed by atoms with Crippen molar-refractivity contribution in [3.63, 3.8) is 0 Å². The van der Waals surface area contributed by atoms with Gasteiger partial charge in [-0.3, -0.25) is 9.69 Å². The van der Waals surface area contributed by atoms with Crippen LogP contribution in [-0.4, -0.2) is 44.9 Å². The first-order valence-corrected chi connectivity index (χ1v) is 9.15. The van der Waals surface area contributed by atoms with Crippen LogP contribution < -0.4 is 0 Å². The number of fused-ring (bicyclic) bond motifs is 1. The third kappa shape index (κ3) is 3.23. The van der Waals surface area contributed by atoms with Crippen LogP contribution >= 0.6 is 0 Å². The smallest absolute Gasteiger partial charge is 0.233 e. The lowest BCUT2D eigenvalue weighted by atomic mass is 9.93. The van der Waals surface area contributed by atoms with Gasteiger partial charge in [0.2, 0.25) is 5.91 Å². The Kier molecular flexibility index (Phi) is 4.37. The minimum absolute atomic E-state index is 0.139. The Hall–Kier alpha value is -2.08. The van der Waals surface area contributed by atoms with E-state index in [4.69, 9.17) is 4.42 Å². The maximum absolute atomic E-state index is 13.3. The Morgan fingerprint density at radius 3 is 2.88 bits per heavy atom. The van der Waals surface area contributed by atoms with Crippen LogP contribution in [0.4, 0.5) is 0 Å². The van der Waals surface area contributed by atoms with Gasteiger partial charge in [0.1, 0.15) is 5.76 Å². The van der Waals surface area contributed by atoms with Crippen molar-refractivity contribution in [2.24, 2.45) is 13.0 Å². The van der Waals surface area contributed by atoms with Gasteiger partial charge in [0.05, 0.1) is 36.4 Å². The lowest BCUT2D eigenvalue weighted by molar-refractivity contribution is -0.135. The molecule has 4 heterocycles. The maximum atomic E-state index is 13.3. The molecule has 6 nitrogen and oxygen atoms in total. The van der Waals surface area contributed by atoms with Gasteiger partial charge in [0, 0.05) is 33.2 Å². The summed E-state index contributed by atoms with van der Waals surface area (Å²) < 4.78 is 7.51. The molecule has 2 aromatic heterocycles. The van der Waals surface area contributed by atoms with Crippen LogP contribution in [0.2, 0.25) is 0 Å². The minimum atomic E-state index is -0.139. The zero-order valence-corrected chi connectivity index (χ0v) is 15.0. The van der Waals surface area contributed by atoms with E-state index in [-0.39, 0.29) is 11.8 Å². The van der Waals surface area contributed by atoms with E-state index < -0.39 is 0 Å². The molecular formula is C19H26N4O2. The van der Waals surface area contributed by atoms with Crippen LogP contribution in [-0.2, 0) is 24.9 Å². The Balaban J connectivity index is 1.56. The van der Waals surface area contributed by atoms with E-state index in [2.05, 4.69) is 21.7 Å². The van der Waals surface area contributed by atoms with E-state index in [1.807, 2.05) is 30.1 Å². The van der Waals surface area contributed by atoms with E-state index in [1.165, 1.54) is 0 Å². The summed E-state index contributed by atoms with van der Waals surface area (Å²) >= 11 is 0. The average Bonchev–Trinajstić information content (AvgIpc) is 3.25. The van der Waals surface area contributed by atoms with Gasteiger partial charge in [0.25, 0.3) is 0 Å². The molecule has 1 saturated heterocycles. The summed E-state index contributed by atoms with van der Waals surface area (Å²) in [6.07, 6.45) is 5.74. The van der Waals surface area contributed by atoms with Crippen molar-refractivity contribution < 1.29 is 9.21 Å². The van der Waals surface area contributed by atoms with Gasteiger partial charge in [-0.2, -0.15) is 0 Å². The van der Waals surface area contributed by atoms with Gasteiger partial charge < -0.3 is 13.9 Å². The van der Waals surface area contributed by atoms with E-state index in [1.54, 1.807) is 6.26 Å². The molecule has 0 radical (unpaired) electrons. The van der Waals surface area contributed by atoms with E-state index in [0.29, 0.717) is 6.54 Å². The second-order valence-electron chi connectivity index (χ2n) is 7.50. The molecule has 2 aliphatic heterocycles. The number of imidazole rings is 1. The first-order chi connectivity index (χ1) is 12.1. The fraction of sp³-hybridized carbons (Fsp3) is 0.579. The summed E-state index contributed by atoms with van der Waals surface area (Å²) in [5.41, 5.74) is 2.10. The number of hydrogen-bond acceptors (Lipinski definition) is 4. The van der Waals surface area contributed by atoms with E-state index in [9.17, 15) is 4.79 Å². The van der Waals surface area contributed by atoms with Gasteiger partial charge in [-0.15, -0.1) is 0 Å². The van der Waals surface area contributed by atoms with E-state index in [0.717, 1.165) is 62.1 Å². The molecule has 0 aromatic carbocycles. The maximum Gasteiger partial charge on any atom is 0.233 e. The van der Waals surface area contributed by atoms with Gasteiger partial charge in [0.15, 0.2) is 0 Å². The standard InChI is InChI=1S/C19H26N4O2/c1-14-5-7-23(8-6-14)19(24)16-11-22(10-15-4-3-9-25-15)12-17-18(16)21(2)13-20-17/h3-4,9,13-14,16H,5-8,10-12H2,1-2H3/t16-/m0/s1. The third-order valence-corrected chi connectivity index (χ3v) is 5.56. The number of hydrogen-bond donors (Lipinski definition) is 0. The molecule has 0 aliphatic carbocycles. The molecule has 1 fully saturated rings. The fourth-order valence-electron chi connectivity index (χ4n) is 4.07. The number of carbonyl (C=O) groups is 1. The number of amides is 1. The number of furan rings is 1. The van der Waals surface area contributed by atoms with Crippen LogP contribution in [0.3, 0.4) is 0 Å². The Labute approximate surface area is 148 Å². The number of aryl methyl sites for hydroxylation is 1. The quantitative estimate of drug-likeness (QED) is 0.859. The second kappa shape index (κ2) is 6.67. The van der Waals surface area contributed by atoms with Crippen LogP contribution in [0.25, 0.3) is 0 Å². The molecule has 134 valence electrons. The van der Waals surface area contributed by atoms with Crippen molar-refractivity contribution in [2.45, 2.75) is 38.8 Å². The molecule has 25 heavy (non-hydrogen) atoms. The summed E-state index contributed by atoms with van der Waals surface area (Å²) in [6, 6.07) is 3.89. The fourth-order valence-corrected chi connectivity index (χ4v) is 4.07. The molecule has 1 amide bonds. The molecule has 0 saturated carbocycles. The topological polar surface area (TPSA) is 54.5 Å². The molecule has 0 spiro atoms. The molecule has 6 heteroatoms. The number of likely N-dealkylation sites (tertiary alicyclic amines) is 1. The average molecular weight is 342 g/mol. The molecule has 2 aliphatic rings. The SMILES string of the molecule is CC1CCN(C(=O)[C@H]2CN(Cc3ccco3)Cc3ncn(C)c32)CC1. The highest BCUT2D eigenvalue weighted by molar-refractivity contribution is 5.84. The zero-order chi connectivity index (χ0) is 17.4. The van der Waals surface area contributed by atoms with Gasteiger partial charge in [-0.25, -0.2) is 4.98 Å². The highest BCUT2D eigenvalue weighted by Gasteiger charge is 2.37. The van der Waals surface area contributed by atoms with Crippen LogP contribution in [0.15, 0.2) is 29.1 Å². The summed E-state index contributed by atoms with van der Waals surface area (Å²) in [5, 5.41) is 0. The molecule has 2 aromatic rings. The van der Waals surface area contributed by atoms with Crippen molar-refractivity contribution in [1.29, 1.82) is 0 Å². The van der Waals surface area contributed by atoms with Crippen molar-refractivity contribution >= 4 is 5.91 Å². The van der Waals surface area contributed by atoms with Crippen LogP contribution in [0.1, 0.15) is 42.8 Å². The Bertz CT molecular complexity index is 729. The summed E-state index contributed by atoms with van der Waals surface area (Å²) in [6.45, 7) is 6.22. The van der Waals surface area contributed by atoms with Gasteiger partial charge >= 0.3 is 0 Å². The predicted molar refractivity (Wildman–Crippen MR) is 93.7 cm³/mol. The lowest BCUT2D eigenvalue weighted by Gasteiger charge is -2.37. The summed E-state index contributed by atoms with van der Waals surface area (Å²) in [7, 11) is 1.99. The number of nitrogens with zero attached hydrogens (tertiary/aromatic N) is 4. The largest absolute Gasteiger partial charge is 0.468 e. The summed E-state index contributed by atoms with van der Waals surface area (Å²) in [4.78, 5) is 22.1. The van der Waals surface area contributed by atoms with Crippen molar-refractivity contribution in [1.82, 2.24) is 19.4 Å². The number of carbonyl (C=O) groups excluding carboxylic acids is 1. The monoisotopic (exact) mass is 342 g/mol. The Morgan fingerprint density at radius 1 is 1.36 bits per heavy atom. The highest BCUT2D eigenvalue weighted by Crippen LogP contribution is 2.31. The van der Waals surface area contributed by atoms with Crippen LogP contribution in [0.5, 0.6) is 0 Å². The lowest BCUT2D eigenvalue weighted by Crippen LogP contribution is -2.46. The molecule has 4 rings (SSSR count). The summed E-state index contributed by atoms with van der Waals surface area (Å²) in [5.74, 6) is 1.76. The Morgan fingerprint density at radius 2 is 2.16 bits per heavy atom. The van der Waals surface area contributed by atoms with Crippen LogP contribution in [0, 0.1) is 5.92 Å². The number of rotatable bonds is 3. The highest BCUT2D eigenvalue weighted by atomic mass is 16.3. The predicted octanol–water partition coefficient (Wildman–Crippen LogP) is 2.37. The van der Waals surface area contributed by atoms with Crippen molar-refractivity contribution in [3.8, 4) is 0 Å². The van der Waals surface area contributed by atoms with Crippen molar-refractivity contribution in [2.75, 3.05) is 19.6 Å². The molecule has 1 atom stereocenters. The molecule has 0 N–H and O–H groups in total. The van der Waals surface area contributed by atoms with Gasteiger partial charge in [-0.1, -0.05) is 6.92 Å². The number of aromatic nitrogens is 2. The molecule has 0 unspecified atom stereocenters.